The van der Waals surface area contributed by atoms with Gasteiger partial charge in [0.05, 0.1) is 0 Å². The molecule has 29 heavy (non-hydrogen) atoms. The van der Waals surface area contributed by atoms with Gasteiger partial charge in [-0.1, -0.05) is 30.3 Å². The van der Waals surface area contributed by atoms with Crippen molar-refractivity contribution in [3.05, 3.63) is 59.2 Å². The largest absolute Gasteiger partial charge is 0.454 e. The van der Waals surface area contributed by atoms with Crippen LogP contribution in [0.5, 0.6) is 11.5 Å². The summed E-state index contributed by atoms with van der Waals surface area (Å²) in [4.78, 5) is 27.2. The van der Waals surface area contributed by atoms with Gasteiger partial charge in [0, 0.05) is 19.5 Å². The van der Waals surface area contributed by atoms with E-state index in [0.717, 1.165) is 22.4 Å². The maximum absolute atomic E-state index is 13.1. The SMILES string of the molecule is CCNC(=O)C(C)N(Cc1ccccc1C)C(=O)CCc1ccc2c(c1)OCO2. The third kappa shape index (κ3) is 5.08. The summed E-state index contributed by atoms with van der Waals surface area (Å²) in [5.41, 5.74) is 3.15. The van der Waals surface area contributed by atoms with Crippen LogP contribution in [0.2, 0.25) is 0 Å². The number of benzene rings is 2. The van der Waals surface area contributed by atoms with Crippen molar-refractivity contribution < 1.29 is 19.1 Å². The van der Waals surface area contributed by atoms with E-state index in [1.807, 2.05) is 56.3 Å². The van der Waals surface area contributed by atoms with Crippen molar-refractivity contribution in [2.45, 2.75) is 46.2 Å². The molecule has 1 aliphatic rings. The van der Waals surface area contributed by atoms with Gasteiger partial charge in [0.2, 0.25) is 18.6 Å². The Bertz CT molecular complexity index is 881. The van der Waals surface area contributed by atoms with Crippen molar-refractivity contribution in [2.24, 2.45) is 0 Å². The fourth-order valence-electron chi connectivity index (χ4n) is 3.37. The van der Waals surface area contributed by atoms with Crippen LogP contribution in [0.25, 0.3) is 0 Å². The van der Waals surface area contributed by atoms with Crippen LogP contribution in [0, 0.1) is 6.92 Å². The monoisotopic (exact) mass is 396 g/mol. The Balaban J connectivity index is 1.72. The molecule has 0 radical (unpaired) electrons. The zero-order chi connectivity index (χ0) is 20.8. The van der Waals surface area contributed by atoms with E-state index in [9.17, 15) is 9.59 Å². The Kier molecular flexibility index (Phi) is 6.75. The molecule has 0 saturated carbocycles. The van der Waals surface area contributed by atoms with Gasteiger partial charge in [-0.2, -0.15) is 0 Å². The second-order valence-corrected chi connectivity index (χ2v) is 7.21. The lowest BCUT2D eigenvalue weighted by molar-refractivity contribution is -0.140. The molecule has 6 nitrogen and oxygen atoms in total. The van der Waals surface area contributed by atoms with Crippen LogP contribution in [-0.2, 0) is 22.6 Å². The van der Waals surface area contributed by atoms with E-state index in [4.69, 9.17) is 9.47 Å². The minimum absolute atomic E-state index is 0.0512. The van der Waals surface area contributed by atoms with Crippen molar-refractivity contribution in [3.8, 4) is 11.5 Å². The average Bonchev–Trinajstić information content (AvgIpc) is 3.19. The Morgan fingerprint density at radius 3 is 2.66 bits per heavy atom. The van der Waals surface area contributed by atoms with E-state index >= 15 is 0 Å². The van der Waals surface area contributed by atoms with Crippen LogP contribution in [-0.4, -0.2) is 36.1 Å². The predicted octanol–water partition coefficient (Wildman–Crippen LogP) is 3.21. The van der Waals surface area contributed by atoms with Gasteiger partial charge in [0.15, 0.2) is 11.5 Å². The molecule has 0 saturated heterocycles. The Labute approximate surface area is 171 Å². The van der Waals surface area contributed by atoms with Gasteiger partial charge in [-0.05, 0) is 56.0 Å². The molecule has 2 amide bonds. The van der Waals surface area contributed by atoms with Crippen molar-refractivity contribution in [3.63, 3.8) is 0 Å². The maximum Gasteiger partial charge on any atom is 0.242 e. The van der Waals surface area contributed by atoms with Crippen molar-refractivity contribution in [1.82, 2.24) is 10.2 Å². The number of fused-ring (bicyclic) bond motifs is 1. The Hall–Kier alpha value is -3.02. The lowest BCUT2D eigenvalue weighted by Gasteiger charge is -2.29. The molecule has 2 aromatic carbocycles. The third-order valence-electron chi connectivity index (χ3n) is 5.18. The molecular weight excluding hydrogens is 368 g/mol. The van der Waals surface area contributed by atoms with Gasteiger partial charge < -0.3 is 19.7 Å². The summed E-state index contributed by atoms with van der Waals surface area (Å²) in [6.07, 6.45) is 0.886. The van der Waals surface area contributed by atoms with Crippen LogP contribution in [0.15, 0.2) is 42.5 Å². The van der Waals surface area contributed by atoms with Crippen LogP contribution >= 0.6 is 0 Å². The maximum atomic E-state index is 13.1. The first-order valence-electron chi connectivity index (χ1n) is 9.99. The fraction of sp³-hybridized carbons (Fsp3) is 0.391. The molecule has 154 valence electrons. The number of hydrogen-bond donors (Lipinski definition) is 1. The summed E-state index contributed by atoms with van der Waals surface area (Å²) in [7, 11) is 0. The number of ether oxygens (including phenoxy) is 2. The molecule has 3 rings (SSSR count). The Morgan fingerprint density at radius 2 is 1.90 bits per heavy atom. The quantitative estimate of drug-likeness (QED) is 0.744. The van der Waals surface area contributed by atoms with Crippen LogP contribution in [0.1, 0.15) is 37.0 Å². The second kappa shape index (κ2) is 9.45. The van der Waals surface area contributed by atoms with Gasteiger partial charge >= 0.3 is 0 Å². The van der Waals surface area contributed by atoms with E-state index in [0.29, 0.717) is 31.7 Å². The Morgan fingerprint density at radius 1 is 1.14 bits per heavy atom. The van der Waals surface area contributed by atoms with Crippen molar-refractivity contribution in [2.75, 3.05) is 13.3 Å². The number of rotatable bonds is 8. The highest BCUT2D eigenvalue weighted by Gasteiger charge is 2.26. The number of aryl methyl sites for hydroxylation is 2. The summed E-state index contributed by atoms with van der Waals surface area (Å²) in [5.74, 6) is 1.25. The number of carbonyl (C=O) groups is 2. The molecule has 6 heteroatoms. The molecule has 0 aromatic heterocycles. The van der Waals surface area contributed by atoms with Gasteiger partial charge in [-0.3, -0.25) is 9.59 Å². The average molecular weight is 396 g/mol. The summed E-state index contributed by atoms with van der Waals surface area (Å²) >= 11 is 0. The highest BCUT2D eigenvalue weighted by molar-refractivity contribution is 5.87. The number of nitrogens with one attached hydrogen (secondary N) is 1. The van der Waals surface area contributed by atoms with Crippen LogP contribution < -0.4 is 14.8 Å². The molecule has 1 unspecified atom stereocenters. The normalized spacial score (nSPS) is 13.1. The van der Waals surface area contributed by atoms with Crippen molar-refractivity contribution >= 4 is 11.8 Å². The van der Waals surface area contributed by atoms with Crippen LogP contribution in [0.4, 0.5) is 0 Å². The molecule has 1 aliphatic heterocycles. The van der Waals surface area contributed by atoms with Gasteiger partial charge in [0.1, 0.15) is 6.04 Å². The standard InChI is InChI=1S/C23H28N2O4/c1-4-24-23(27)17(3)25(14-19-8-6-5-7-16(19)2)22(26)12-10-18-9-11-20-21(13-18)29-15-28-20/h5-9,11,13,17H,4,10,12,14-15H2,1-3H3,(H,24,27). The topological polar surface area (TPSA) is 67.9 Å². The first-order chi connectivity index (χ1) is 14.0. The first kappa shape index (κ1) is 20.7. The molecule has 1 atom stereocenters. The lowest BCUT2D eigenvalue weighted by Crippen LogP contribution is -2.47. The number of amides is 2. The number of hydrogen-bond acceptors (Lipinski definition) is 4. The van der Waals surface area contributed by atoms with Crippen molar-refractivity contribution in [1.29, 1.82) is 0 Å². The van der Waals surface area contributed by atoms with E-state index in [1.54, 1.807) is 11.8 Å². The molecule has 0 aliphatic carbocycles. The summed E-state index contributed by atoms with van der Waals surface area (Å²) in [6.45, 7) is 6.84. The molecule has 1 heterocycles. The summed E-state index contributed by atoms with van der Waals surface area (Å²) < 4.78 is 10.7. The molecule has 0 spiro atoms. The minimum Gasteiger partial charge on any atom is -0.454 e. The van der Waals surface area contributed by atoms with Gasteiger partial charge in [0.25, 0.3) is 0 Å². The van der Waals surface area contributed by atoms with Crippen LogP contribution in [0.3, 0.4) is 0 Å². The predicted molar refractivity (Wildman–Crippen MR) is 111 cm³/mol. The fourth-order valence-corrected chi connectivity index (χ4v) is 3.37. The third-order valence-corrected chi connectivity index (χ3v) is 5.18. The molecule has 0 fully saturated rings. The molecular formula is C23H28N2O4. The molecule has 0 bridgehead atoms. The zero-order valence-corrected chi connectivity index (χ0v) is 17.2. The first-order valence-corrected chi connectivity index (χ1v) is 9.99. The molecule has 1 N–H and O–H groups in total. The smallest absolute Gasteiger partial charge is 0.242 e. The highest BCUT2D eigenvalue weighted by atomic mass is 16.7. The summed E-state index contributed by atoms with van der Waals surface area (Å²) in [6, 6.07) is 13.1. The van der Waals surface area contributed by atoms with E-state index in [1.165, 1.54) is 0 Å². The van der Waals surface area contributed by atoms with Gasteiger partial charge in [-0.25, -0.2) is 0 Å². The minimum atomic E-state index is -0.543. The van der Waals surface area contributed by atoms with E-state index < -0.39 is 6.04 Å². The summed E-state index contributed by atoms with van der Waals surface area (Å²) in [5, 5.41) is 2.82. The van der Waals surface area contributed by atoms with E-state index in [2.05, 4.69) is 5.32 Å². The lowest BCUT2D eigenvalue weighted by atomic mass is 10.1. The molecule has 2 aromatic rings. The zero-order valence-electron chi connectivity index (χ0n) is 17.2. The second-order valence-electron chi connectivity index (χ2n) is 7.21. The highest BCUT2D eigenvalue weighted by Crippen LogP contribution is 2.32. The van der Waals surface area contributed by atoms with Gasteiger partial charge in [-0.15, -0.1) is 0 Å². The number of nitrogens with zero attached hydrogens (tertiary/aromatic N) is 1. The number of likely N-dealkylation sites (N-methyl/N-ethyl adjacent to an activating group) is 1. The van der Waals surface area contributed by atoms with E-state index in [-0.39, 0.29) is 18.6 Å². The number of carbonyl (C=O) groups excluding carboxylic acids is 2.